The molecular formula is C9H18N2OS. The second-order valence-corrected chi connectivity index (χ2v) is 4.20. The highest BCUT2D eigenvalue weighted by molar-refractivity contribution is 7.98. The predicted molar refractivity (Wildman–Crippen MR) is 57.0 cm³/mol. The minimum Gasteiger partial charge on any atom is -0.340 e. The maximum Gasteiger partial charge on any atom is 0.239 e. The molecular weight excluding hydrogens is 184 g/mol. The van der Waals surface area contributed by atoms with E-state index in [9.17, 15) is 4.79 Å². The summed E-state index contributed by atoms with van der Waals surface area (Å²) in [6.45, 7) is 4.75. The maximum absolute atomic E-state index is 11.7. The van der Waals surface area contributed by atoms with Crippen LogP contribution >= 0.6 is 11.8 Å². The first-order valence-electron chi connectivity index (χ1n) is 4.80. The van der Waals surface area contributed by atoms with Gasteiger partial charge in [-0.3, -0.25) is 4.79 Å². The molecule has 1 saturated heterocycles. The van der Waals surface area contributed by atoms with Gasteiger partial charge in [-0.05, 0) is 19.2 Å². The first kappa shape index (κ1) is 10.9. The predicted octanol–water partition coefficient (Wildman–Crippen LogP) is 0.560. The minimum atomic E-state index is 0.0897. The van der Waals surface area contributed by atoms with Gasteiger partial charge in [0.15, 0.2) is 0 Å². The summed E-state index contributed by atoms with van der Waals surface area (Å²) in [4.78, 5) is 13.6. The SMILES string of the molecule is CCNC1CCN(CCSC)C1=O. The van der Waals surface area contributed by atoms with Crippen LogP contribution in [0, 0.1) is 0 Å². The van der Waals surface area contributed by atoms with Crippen LogP contribution in [-0.2, 0) is 4.79 Å². The van der Waals surface area contributed by atoms with Crippen molar-refractivity contribution in [3.05, 3.63) is 0 Å². The fourth-order valence-electron chi connectivity index (χ4n) is 1.60. The van der Waals surface area contributed by atoms with Gasteiger partial charge in [0.1, 0.15) is 0 Å². The highest BCUT2D eigenvalue weighted by Crippen LogP contribution is 2.11. The zero-order valence-electron chi connectivity index (χ0n) is 8.38. The third-order valence-corrected chi connectivity index (χ3v) is 2.90. The van der Waals surface area contributed by atoms with E-state index in [1.165, 1.54) is 0 Å². The number of nitrogens with zero attached hydrogens (tertiary/aromatic N) is 1. The molecule has 1 fully saturated rings. The van der Waals surface area contributed by atoms with Gasteiger partial charge in [-0.2, -0.15) is 11.8 Å². The number of hydrogen-bond acceptors (Lipinski definition) is 3. The Labute approximate surface area is 84.2 Å². The van der Waals surface area contributed by atoms with Crippen LogP contribution in [0.4, 0.5) is 0 Å². The average Bonchev–Trinajstić information content (AvgIpc) is 2.46. The molecule has 0 bridgehead atoms. The van der Waals surface area contributed by atoms with Crippen LogP contribution in [0.15, 0.2) is 0 Å². The quantitative estimate of drug-likeness (QED) is 0.707. The summed E-state index contributed by atoms with van der Waals surface area (Å²) >= 11 is 1.79. The van der Waals surface area contributed by atoms with Gasteiger partial charge in [-0.25, -0.2) is 0 Å². The molecule has 1 amide bonds. The summed E-state index contributed by atoms with van der Waals surface area (Å²) in [5.41, 5.74) is 0. The minimum absolute atomic E-state index is 0.0897. The molecule has 0 aromatic rings. The van der Waals surface area contributed by atoms with Gasteiger partial charge >= 0.3 is 0 Å². The molecule has 0 saturated carbocycles. The second-order valence-electron chi connectivity index (χ2n) is 3.22. The Kier molecular flexibility index (Phi) is 4.59. The van der Waals surface area contributed by atoms with Crippen molar-refractivity contribution < 1.29 is 4.79 Å². The van der Waals surface area contributed by atoms with E-state index in [1.807, 2.05) is 11.8 Å². The number of amides is 1. The lowest BCUT2D eigenvalue weighted by Crippen LogP contribution is -2.38. The van der Waals surface area contributed by atoms with Crippen LogP contribution < -0.4 is 5.32 Å². The lowest BCUT2D eigenvalue weighted by atomic mass is 10.2. The van der Waals surface area contributed by atoms with E-state index in [-0.39, 0.29) is 11.9 Å². The molecule has 1 atom stereocenters. The molecule has 1 N–H and O–H groups in total. The van der Waals surface area contributed by atoms with Crippen molar-refractivity contribution in [3.8, 4) is 0 Å². The molecule has 1 rings (SSSR count). The standard InChI is InChI=1S/C9H18N2OS/c1-3-10-8-4-5-11(9(8)12)6-7-13-2/h8,10H,3-7H2,1-2H3. The van der Waals surface area contributed by atoms with E-state index < -0.39 is 0 Å². The summed E-state index contributed by atoms with van der Waals surface area (Å²) in [5, 5.41) is 3.20. The molecule has 1 heterocycles. The second kappa shape index (κ2) is 5.50. The van der Waals surface area contributed by atoms with Crippen LogP contribution in [0.3, 0.4) is 0 Å². The van der Waals surface area contributed by atoms with E-state index in [1.54, 1.807) is 11.8 Å². The third-order valence-electron chi connectivity index (χ3n) is 2.31. The molecule has 76 valence electrons. The maximum atomic E-state index is 11.7. The Morgan fingerprint density at radius 3 is 3.08 bits per heavy atom. The normalized spacial score (nSPS) is 22.8. The van der Waals surface area contributed by atoms with Gasteiger partial charge < -0.3 is 10.2 Å². The van der Waals surface area contributed by atoms with Crippen LogP contribution in [-0.4, -0.2) is 48.5 Å². The van der Waals surface area contributed by atoms with E-state index >= 15 is 0 Å². The number of rotatable bonds is 5. The lowest BCUT2D eigenvalue weighted by molar-refractivity contribution is -0.129. The number of carbonyl (C=O) groups excluding carboxylic acids is 1. The number of likely N-dealkylation sites (tertiary alicyclic amines) is 1. The van der Waals surface area contributed by atoms with Gasteiger partial charge in [0.2, 0.25) is 5.91 Å². The van der Waals surface area contributed by atoms with Crippen molar-refractivity contribution in [2.45, 2.75) is 19.4 Å². The van der Waals surface area contributed by atoms with Crippen molar-refractivity contribution in [2.75, 3.05) is 31.6 Å². The monoisotopic (exact) mass is 202 g/mol. The van der Waals surface area contributed by atoms with Gasteiger partial charge in [0.25, 0.3) is 0 Å². The molecule has 0 aromatic carbocycles. The summed E-state index contributed by atoms with van der Waals surface area (Å²) in [5.74, 6) is 1.33. The van der Waals surface area contributed by atoms with Crippen molar-refractivity contribution in [1.29, 1.82) is 0 Å². The molecule has 3 nitrogen and oxygen atoms in total. The number of likely N-dealkylation sites (N-methyl/N-ethyl adjacent to an activating group) is 1. The molecule has 4 heteroatoms. The smallest absolute Gasteiger partial charge is 0.239 e. The number of carbonyl (C=O) groups is 1. The Morgan fingerprint density at radius 1 is 1.69 bits per heavy atom. The van der Waals surface area contributed by atoms with E-state index in [0.29, 0.717) is 0 Å². The highest BCUT2D eigenvalue weighted by Gasteiger charge is 2.29. The van der Waals surface area contributed by atoms with E-state index in [0.717, 1.165) is 31.8 Å². The molecule has 13 heavy (non-hydrogen) atoms. The van der Waals surface area contributed by atoms with Crippen molar-refractivity contribution >= 4 is 17.7 Å². The fourth-order valence-corrected chi connectivity index (χ4v) is 2.00. The number of nitrogens with one attached hydrogen (secondary N) is 1. The molecule has 0 aromatic heterocycles. The van der Waals surface area contributed by atoms with Crippen molar-refractivity contribution in [3.63, 3.8) is 0 Å². The first-order chi connectivity index (χ1) is 6.29. The van der Waals surface area contributed by atoms with Gasteiger partial charge in [0, 0.05) is 18.8 Å². The largest absolute Gasteiger partial charge is 0.340 e. The van der Waals surface area contributed by atoms with Crippen LogP contribution in [0.1, 0.15) is 13.3 Å². The summed E-state index contributed by atoms with van der Waals surface area (Å²) in [6.07, 6.45) is 3.05. The van der Waals surface area contributed by atoms with E-state index in [4.69, 9.17) is 0 Å². The van der Waals surface area contributed by atoms with Crippen LogP contribution in [0.5, 0.6) is 0 Å². The summed E-state index contributed by atoms with van der Waals surface area (Å²) in [6, 6.07) is 0.0897. The molecule has 0 spiro atoms. The highest BCUT2D eigenvalue weighted by atomic mass is 32.2. The molecule has 0 aliphatic carbocycles. The lowest BCUT2D eigenvalue weighted by Gasteiger charge is -2.15. The molecule has 1 unspecified atom stereocenters. The Hall–Kier alpha value is -0.220. The average molecular weight is 202 g/mol. The van der Waals surface area contributed by atoms with Crippen LogP contribution in [0.25, 0.3) is 0 Å². The molecule has 1 aliphatic heterocycles. The fraction of sp³-hybridized carbons (Fsp3) is 0.889. The summed E-state index contributed by atoms with van der Waals surface area (Å²) < 4.78 is 0. The topological polar surface area (TPSA) is 32.3 Å². The van der Waals surface area contributed by atoms with Gasteiger partial charge in [-0.15, -0.1) is 0 Å². The van der Waals surface area contributed by atoms with E-state index in [2.05, 4.69) is 11.6 Å². The van der Waals surface area contributed by atoms with Crippen LogP contribution in [0.2, 0.25) is 0 Å². The van der Waals surface area contributed by atoms with Gasteiger partial charge in [0.05, 0.1) is 6.04 Å². The Bertz CT molecular complexity index is 175. The molecule has 1 aliphatic rings. The Balaban J connectivity index is 2.32. The number of hydrogen-bond donors (Lipinski definition) is 1. The van der Waals surface area contributed by atoms with Crippen molar-refractivity contribution in [2.24, 2.45) is 0 Å². The van der Waals surface area contributed by atoms with Crippen molar-refractivity contribution in [1.82, 2.24) is 10.2 Å². The third kappa shape index (κ3) is 2.88. The van der Waals surface area contributed by atoms with Gasteiger partial charge in [-0.1, -0.05) is 6.92 Å². The number of thioether (sulfide) groups is 1. The zero-order valence-corrected chi connectivity index (χ0v) is 9.19. The molecule has 0 radical (unpaired) electrons. The first-order valence-corrected chi connectivity index (χ1v) is 6.20. The Morgan fingerprint density at radius 2 is 2.46 bits per heavy atom. The summed E-state index contributed by atoms with van der Waals surface area (Å²) in [7, 11) is 0. The zero-order chi connectivity index (χ0) is 9.68.